The molecule has 0 radical (unpaired) electrons. The smallest absolute Gasteiger partial charge is 0.0598 e. The van der Waals surface area contributed by atoms with Gasteiger partial charge in [-0.1, -0.05) is 12.8 Å². The normalized spacial score (nSPS) is 48.5. The highest BCUT2D eigenvalue weighted by Gasteiger charge is 2.35. The van der Waals surface area contributed by atoms with Crippen LogP contribution < -0.4 is 5.32 Å². The number of piperidine rings is 1. The van der Waals surface area contributed by atoms with Gasteiger partial charge in [0.1, 0.15) is 0 Å². The second-order valence-corrected chi connectivity index (χ2v) is 4.43. The lowest BCUT2D eigenvalue weighted by Crippen LogP contribution is -2.53. The molecule has 0 aromatic heterocycles. The number of hydrogen-bond acceptors (Lipinski definition) is 2. The summed E-state index contributed by atoms with van der Waals surface area (Å²) in [5.41, 5.74) is 0. The largest absolute Gasteiger partial charge is 0.393 e. The van der Waals surface area contributed by atoms with E-state index in [4.69, 9.17) is 0 Å². The second kappa shape index (κ2) is 3.35. The average Bonchev–Trinajstić information content (AvgIpc) is 2.04. The molecule has 0 aromatic rings. The van der Waals surface area contributed by atoms with Gasteiger partial charge in [-0.3, -0.25) is 0 Å². The molecule has 0 aromatic carbocycles. The number of aliphatic hydroxyl groups excluding tert-OH is 1. The Bertz CT molecular complexity index is 160. The van der Waals surface area contributed by atoms with Gasteiger partial charge in [0.05, 0.1) is 6.10 Å². The van der Waals surface area contributed by atoms with Crippen molar-refractivity contribution in [1.29, 1.82) is 0 Å². The van der Waals surface area contributed by atoms with Crippen molar-refractivity contribution in [3.05, 3.63) is 0 Å². The van der Waals surface area contributed by atoms with E-state index >= 15 is 0 Å². The van der Waals surface area contributed by atoms with Crippen LogP contribution in [0.4, 0.5) is 0 Å². The Balaban J connectivity index is 2.01. The molecule has 2 fully saturated rings. The Hall–Kier alpha value is -0.0800. The van der Waals surface area contributed by atoms with E-state index in [9.17, 15) is 5.11 Å². The molecular weight excluding hydrogens is 150 g/mol. The summed E-state index contributed by atoms with van der Waals surface area (Å²) < 4.78 is 0. The van der Waals surface area contributed by atoms with Gasteiger partial charge in [-0.05, 0) is 26.2 Å². The maximum absolute atomic E-state index is 9.83. The van der Waals surface area contributed by atoms with Gasteiger partial charge in [-0.15, -0.1) is 0 Å². The van der Waals surface area contributed by atoms with Crippen molar-refractivity contribution in [2.75, 3.05) is 0 Å². The molecule has 0 unspecified atom stereocenters. The summed E-state index contributed by atoms with van der Waals surface area (Å²) in [6.45, 7) is 2.17. The molecule has 2 N–H and O–H groups in total. The van der Waals surface area contributed by atoms with Gasteiger partial charge >= 0.3 is 0 Å². The molecule has 2 heteroatoms. The molecule has 1 saturated carbocycles. The van der Waals surface area contributed by atoms with Crippen molar-refractivity contribution in [2.24, 2.45) is 5.92 Å². The predicted molar refractivity (Wildman–Crippen MR) is 49.0 cm³/mol. The van der Waals surface area contributed by atoms with E-state index in [0.29, 0.717) is 18.0 Å². The summed E-state index contributed by atoms with van der Waals surface area (Å²) in [5.74, 6) is 0.551. The third kappa shape index (κ3) is 1.50. The van der Waals surface area contributed by atoms with E-state index in [1.54, 1.807) is 0 Å². The zero-order chi connectivity index (χ0) is 8.55. The van der Waals surface area contributed by atoms with Gasteiger partial charge in [0.25, 0.3) is 0 Å². The van der Waals surface area contributed by atoms with Gasteiger partial charge < -0.3 is 10.4 Å². The molecule has 2 aliphatic rings. The molecule has 0 spiro atoms. The molecule has 4 atom stereocenters. The topological polar surface area (TPSA) is 32.3 Å². The van der Waals surface area contributed by atoms with Crippen LogP contribution in [0.1, 0.15) is 39.0 Å². The third-order valence-electron chi connectivity index (χ3n) is 3.41. The van der Waals surface area contributed by atoms with Crippen LogP contribution in [0, 0.1) is 5.92 Å². The highest BCUT2D eigenvalue weighted by Crippen LogP contribution is 2.32. The van der Waals surface area contributed by atoms with Crippen LogP contribution in [0.15, 0.2) is 0 Å². The first kappa shape index (κ1) is 8.52. The Morgan fingerprint density at radius 3 is 2.83 bits per heavy atom. The lowest BCUT2D eigenvalue weighted by atomic mass is 9.76. The van der Waals surface area contributed by atoms with Gasteiger partial charge in [-0.2, -0.15) is 0 Å². The SMILES string of the molecule is C[C@H]1C[C@@H](O)[C@@H]2CCCC[C@@H]2N1. The standard InChI is InChI=1S/C10H19NO/c1-7-6-10(12)8-4-2-3-5-9(8)11-7/h7-12H,2-6H2,1H3/t7-,8+,9-,10+/m0/s1. The molecule has 70 valence electrons. The quantitative estimate of drug-likeness (QED) is 0.572. The number of rotatable bonds is 0. The van der Waals surface area contributed by atoms with E-state index in [0.717, 1.165) is 6.42 Å². The van der Waals surface area contributed by atoms with Gasteiger partial charge in [0.2, 0.25) is 0 Å². The molecular formula is C10H19NO. The molecule has 12 heavy (non-hydrogen) atoms. The van der Waals surface area contributed by atoms with E-state index in [2.05, 4.69) is 12.2 Å². The first-order valence-electron chi connectivity index (χ1n) is 5.21. The van der Waals surface area contributed by atoms with Crippen molar-refractivity contribution in [3.8, 4) is 0 Å². The molecule has 1 aliphatic heterocycles. The van der Waals surface area contributed by atoms with Crippen LogP contribution in [0.3, 0.4) is 0 Å². The third-order valence-corrected chi connectivity index (χ3v) is 3.41. The van der Waals surface area contributed by atoms with Crippen LogP contribution in [0.5, 0.6) is 0 Å². The Kier molecular flexibility index (Phi) is 2.37. The van der Waals surface area contributed by atoms with E-state index in [1.165, 1.54) is 25.7 Å². The minimum atomic E-state index is -0.0356. The fraction of sp³-hybridized carbons (Fsp3) is 1.00. The summed E-state index contributed by atoms with van der Waals surface area (Å²) in [6, 6.07) is 1.12. The Morgan fingerprint density at radius 1 is 1.25 bits per heavy atom. The maximum Gasteiger partial charge on any atom is 0.0598 e. The summed E-state index contributed by atoms with van der Waals surface area (Å²) in [7, 11) is 0. The highest BCUT2D eigenvalue weighted by molar-refractivity contribution is 4.92. The first-order valence-corrected chi connectivity index (χ1v) is 5.21. The Labute approximate surface area is 74.4 Å². The second-order valence-electron chi connectivity index (χ2n) is 4.43. The van der Waals surface area contributed by atoms with Crippen LogP contribution in [-0.4, -0.2) is 23.3 Å². The number of aliphatic hydroxyl groups is 1. The summed E-state index contributed by atoms with van der Waals surface area (Å²) in [5, 5.41) is 13.4. The molecule has 0 bridgehead atoms. The minimum Gasteiger partial charge on any atom is -0.393 e. The summed E-state index contributed by atoms with van der Waals surface area (Å²) in [6.07, 6.45) is 6.06. The van der Waals surface area contributed by atoms with Crippen LogP contribution >= 0.6 is 0 Å². The molecule has 1 aliphatic carbocycles. The fourth-order valence-corrected chi connectivity index (χ4v) is 2.80. The molecule has 1 heterocycles. The zero-order valence-corrected chi connectivity index (χ0v) is 7.79. The first-order chi connectivity index (χ1) is 5.77. The van der Waals surface area contributed by atoms with Gasteiger partial charge in [-0.25, -0.2) is 0 Å². The number of hydrogen-bond donors (Lipinski definition) is 2. The van der Waals surface area contributed by atoms with E-state index < -0.39 is 0 Å². The van der Waals surface area contributed by atoms with Gasteiger partial charge in [0.15, 0.2) is 0 Å². The minimum absolute atomic E-state index is 0.0356. The zero-order valence-electron chi connectivity index (χ0n) is 7.79. The van der Waals surface area contributed by atoms with E-state index in [1.807, 2.05) is 0 Å². The van der Waals surface area contributed by atoms with Crippen LogP contribution in [0.2, 0.25) is 0 Å². The summed E-state index contributed by atoms with van der Waals surface area (Å²) in [4.78, 5) is 0. The fourth-order valence-electron chi connectivity index (χ4n) is 2.80. The van der Waals surface area contributed by atoms with Crippen molar-refractivity contribution >= 4 is 0 Å². The van der Waals surface area contributed by atoms with Crippen molar-refractivity contribution in [1.82, 2.24) is 5.32 Å². The molecule has 2 rings (SSSR count). The molecule has 1 saturated heterocycles. The van der Waals surface area contributed by atoms with E-state index in [-0.39, 0.29) is 6.10 Å². The predicted octanol–water partition coefficient (Wildman–Crippen LogP) is 1.29. The van der Waals surface area contributed by atoms with Gasteiger partial charge in [0, 0.05) is 18.0 Å². The van der Waals surface area contributed by atoms with Crippen molar-refractivity contribution in [3.63, 3.8) is 0 Å². The highest BCUT2D eigenvalue weighted by atomic mass is 16.3. The maximum atomic E-state index is 9.83. The van der Waals surface area contributed by atoms with Crippen molar-refractivity contribution < 1.29 is 5.11 Å². The van der Waals surface area contributed by atoms with Crippen molar-refractivity contribution in [2.45, 2.75) is 57.2 Å². The molecule has 0 amide bonds. The Morgan fingerprint density at radius 2 is 2.00 bits per heavy atom. The number of nitrogens with one attached hydrogen (secondary N) is 1. The lowest BCUT2D eigenvalue weighted by Gasteiger charge is -2.42. The van der Waals surface area contributed by atoms with Crippen LogP contribution in [0.25, 0.3) is 0 Å². The average molecular weight is 169 g/mol. The van der Waals surface area contributed by atoms with Crippen LogP contribution in [-0.2, 0) is 0 Å². The number of fused-ring (bicyclic) bond motifs is 1. The molecule has 2 nitrogen and oxygen atoms in total. The monoisotopic (exact) mass is 169 g/mol. The lowest BCUT2D eigenvalue weighted by molar-refractivity contribution is 0.0163. The summed E-state index contributed by atoms with van der Waals surface area (Å²) >= 11 is 0.